The van der Waals surface area contributed by atoms with Gasteiger partial charge >= 0.3 is 0 Å². The highest BCUT2D eigenvalue weighted by Crippen LogP contribution is 2.27. The summed E-state index contributed by atoms with van der Waals surface area (Å²) in [6.45, 7) is 7.70. The summed E-state index contributed by atoms with van der Waals surface area (Å²) in [7, 11) is 0. The first-order valence-electron chi connectivity index (χ1n) is 7.31. The number of ether oxygens (including phenoxy) is 1. The zero-order chi connectivity index (χ0) is 14.6. The number of halogens is 1. The van der Waals surface area contributed by atoms with E-state index >= 15 is 0 Å². The predicted octanol–water partition coefficient (Wildman–Crippen LogP) is 2.70. The van der Waals surface area contributed by atoms with Crippen LogP contribution in [0, 0.1) is 3.57 Å². The van der Waals surface area contributed by atoms with Crippen LogP contribution in [0.1, 0.15) is 25.8 Å². The van der Waals surface area contributed by atoms with Crippen LogP contribution in [0.5, 0.6) is 0 Å². The second kappa shape index (κ2) is 7.20. The van der Waals surface area contributed by atoms with Gasteiger partial charge in [-0.1, -0.05) is 19.1 Å². The van der Waals surface area contributed by atoms with Gasteiger partial charge in [-0.15, -0.1) is 0 Å². The van der Waals surface area contributed by atoms with Crippen LogP contribution in [-0.4, -0.2) is 48.0 Å². The van der Waals surface area contributed by atoms with Gasteiger partial charge in [0.1, 0.15) is 0 Å². The molecule has 0 aliphatic carbocycles. The Hall–Kier alpha value is -0.170. The number of rotatable bonds is 5. The molecular formula is C16H24INO2. The van der Waals surface area contributed by atoms with Crippen LogP contribution in [0.4, 0.5) is 0 Å². The van der Waals surface area contributed by atoms with E-state index in [0.29, 0.717) is 6.42 Å². The first-order valence-corrected chi connectivity index (χ1v) is 8.39. The molecule has 1 aromatic carbocycles. The van der Waals surface area contributed by atoms with Crippen LogP contribution in [0.15, 0.2) is 24.3 Å². The van der Waals surface area contributed by atoms with E-state index < -0.39 is 0 Å². The molecule has 1 aliphatic heterocycles. The Bertz CT molecular complexity index is 417. The van der Waals surface area contributed by atoms with E-state index in [-0.39, 0.29) is 11.6 Å². The van der Waals surface area contributed by atoms with Crippen molar-refractivity contribution in [1.82, 2.24) is 4.90 Å². The minimum Gasteiger partial charge on any atom is -0.391 e. The van der Waals surface area contributed by atoms with Crippen LogP contribution in [-0.2, 0) is 11.2 Å². The molecule has 1 fully saturated rings. The fourth-order valence-corrected chi connectivity index (χ4v) is 3.17. The third-order valence-corrected chi connectivity index (χ3v) is 5.23. The average molecular weight is 389 g/mol. The molecule has 20 heavy (non-hydrogen) atoms. The minimum absolute atomic E-state index is 0.174. The highest BCUT2D eigenvalue weighted by molar-refractivity contribution is 14.1. The Labute approximate surface area is 135 Å². The third-order valence-electron chi connectivity index (χ3n) is 4.51. The normalized spacial score (nSPS) is 21.4. The van der Waals surface area contributed by atoms with E-state index in [4.69, 9.17) is 4.74 Å². The zero-order valence-electron chi connectivity index (χ0n) is 12.3. The summed E-state index contributed by atoms with van der Waals surface area (Å²) in [5.74, 6) is 0. The predicted molar refractivity (Wildman–Crippen MR) is 90.0 cm³/mol. The Morgan fingerprint density at radius 3 is 2.45 bits per heavy atom. The lowest BCUT2D eigenvalue weighted by Crippen LogP contribution is -2.58. The number of nitrogens with zero attached hydrogens (tertiary/aromatic N) is 1. The first kappa shape index (κ1) is 16.2. The van der Waals surface area contributed by atoms with Crippen molar-refractivity contribution in [2.75, 3.05) is 26.3 Å². The van der Waals surface area contributed by atoms with E-state index in [9.17, 15) is 5.11 Å². The molecule has 2 rings (SSSR count). The third kappa shape index (κ3) is 3.72. The maximum atomic E-state index is 10.8. The van der Waals surface area contributed by atoms with Crippen LogP contribution < -0.4 is 0 Å². The molecule has 0 bridgehead atoms. The van der Waals surface area contributed by atoms with Crippen molar-refractivity contribution in [3.63, 3.8) is 0 Å². The van der Waals surface area contributed by atoms with Gasteiger partial charge in [-0.2, -0.15) is 0 Å². The van der Waals surface area contributed by atoms with Crippen molar-refractivity contribution >= 4 is 22.6 Å². The molecule has 1 aliphatic rings. The van der Waals surface area contributed by atoms with Crippen molar-refractivity contribution in [3.05, 3.63) is 33.4 Å². The smallest absolute Gasteiger partial charge is 0.0761 e. The summed E-state index contributed by atoms with van der Waals surface area (Å²) in [4.78, 5) is 2.38. The number of morpholine rings is 1. The summed E-state index contributed by atoms with van der Waals surface area (Å²) in [6, 6.07) is 8.42. The molecule has 0 amide bonds. The maximum Gasteiger partial charge on any atom is 0.0761 e. The van der Waals surface area contributed by atoms with E-state index in [2.05, 4.69) is 65.6 Å². The number of benzene rings is 1. The molecule has 0 spiro atoms. The molecule has 1 N–H and O–H groups in total. The zero-order valence-corrected chi connectivity index (χ0v) is 14.5. The van der Waals surface area contributed by atoms with Crippen LogP contribution in [0.25, 0.3) is 0 Å². The van der Waals surface area contributed by atoms with Gasteiger partial charge in [-0.3, -0.25) is 4.90 Å². The molecule has 2 atom stereocenters. The van der Waals surface area contributed by atoms with Gasteiger partial charge in [0.25, 0.3) is 0 Å². The molecule has 0 saturated carbocycles. The summed E-state index contributed by atoms with van der Waals surface area (Å²) in [5, 5.41) is 10.8. The Balaban J connectivity index is 2.07. The molecule has 112 valence electrons. The SMILES string of the molecule is CCC(C)(C(O)Cc1ccc(I)cc1)N1CCOCC1. The molecule has 2 unspecified atom stereocenters. The maximum absolute atomic E-state index is 10.8. The van der Waals surface area contributed by atoms with Crippen molar-refractivity contribution in [3.8, 4) is 0 Å². The Kier molecular flexibility index (Phi) is 5.84. The van der Waals surface area contributed by atoms with Gasteiger partial charge in [-0.25, -0.2) is 0 Å². The van der Waals surface area contributed by atoms with Gasteiger partial charge in [0.15, 0.2) is 0 Å². The van der Waals surface area contributed by atoms with Crippen molar-refractivity contribution in [2.45, 2.75) is 38.3 Å². The van der Waals surface area contributed by atoms with Crippen molar-refractivity contribution in [2.24, 2.45) is 0 Å². The quantitative estimate of drug-likeness (QED) is 0.787. The molecule has 1 heterocycles. The topological polar surface area (TPSA) is 32.7 Å². The average Bonchev–Trinajstić information content (AvgIpc) is 2.49. The molecule has 1 saturated heterocycles. The van der Waals surface area contributed by atoms with E-state index in [1.165, 1.54) is 9.13 Å². The number of aliphatic hydroxyl groups is 1. The number of aliphatic hydroxyl groups excluding tert-OH is 1. The first-order chi connectivity index (χ1) is 9.56. The minimum atomic E-state index is -0.356. The lowest BCUT2D eigenvalue weighted by molar-refractivity contribution is -0.0714. The Morgan fingerprint density at radius 2 is 1.90 bits per heavy atom. The second-order valence-corrected chi connectivity index (χ2v) is 6.90. The molecule has 3 nitrogen and oxygen atoms in total. The van der Waals surface area contributed by atoms with Gasteiger partial charge < -0.3 is 9.84 Å². The lowest BCUT2D eigenvalue weighted by Gasteiger charge is -2.46. The van der Waals surface area contributed by atoms with Crippen molar-refractivity contribution in [1.29, 1.82) is 0 Å². The Morgan fingerprint density at radius 1 is 1.30 bits per heavy atom. The monoisotopic (exact) mass is 389 g/mol. The van der Waals surface area contributed by atoms with E-state index in [1.807, 2.05) is 0 Å². The summed E-state index contributed by atoms with van der Waals surface area (Å²) in [5.41, 5.74) is 1.03. The highest BCUT2D eigenvalue weighted by Gasteiger charge is 2.37. The molecule has 1 aromatic rings. The summed E-state index contributed by atoms with van der Waals surface area (Å²) < 4.78 is 6.66. The van der Waals surface area contributed by atoms with Crippen LogP contribution in [0.3, 0.4) is 0 Å². The fourth-order valence-electron chi connectivity index (χ4n) is 2.81. The standard InChI is InChI=1S/C16H24INO2/c1-3-16(2,18-8-10-20-11-9-18)15(19)12-13-4-6-14(17)7-5-13/h4-7,15,19H,3,8-12H2,1-2H3. The van der Waals surface area contributed by atoms with Crippen molar-refractivity contribution < 1.29 is 9.84 Å². The fraction of sp³-hybridized carbons (Fsp3) is 0.625. The molecular weight excluding hydrogens is 365 g/mol. The molecule has 0 aromatic heterocycles. The van der Waals surface area contributed by atoms with Gasteiger partial charge in [0.2, 0.25) is 0 Å². The summed E-state index contributed by atoms with van der Waals surface area (Å²) >= 11 is 2.30. The molecule has 4 heteroatoms. The van der Waals surface area contributed by atoms with Gasteiger partial charge in [-0.05, 0) is 53.6 Å². The van der Waals surface area contributed by atoms with Crippen LogP contribution in [0.2, 0.25) is 0 Å². The summed E-state index contributed by atoms with van der Waals surface area (Å²) in [6.07, 6.45) is 1.29. The number of hydrogen-bond acceptors (Lipinski definition) is 3. The van der Waals surface area contributed by atoms with Gasteiger partial charge in [0, 0.05) is 28.6 Å². The van der Waals surface area contributed by atoms with Crippen LogP contribution >= 0.6 is 22.6 Å². The highest BCUT2D eigenvalue weighted by atomic mass is 127. The second-order valence-electron chi connectivity index (χ2n) is 5.66. The van der Waals surface area contributed by atoms with E-state index in [0.717, 1.165) is 32.7 Å². The van der Waals surface area contributed by atoms with E-state index in [1.54, 1.807) is 0 Å². The lowest BCUT2D eigenvalue weighted by atomic mass is 9.85. The largest absolute Gasteiger partial charge is 0.391 e. The molecule has 0 radical (unpaired) electrons. The van der Waals surface area contributed by atoms with Gasteiger partial charge in [0.05, 0.1) is 19.3 Å². The number of hydrogen-bond donors (Lipinski definition) is 1.